The fraction of sp³-hybridized carbons (Fsp3) is 0.417. The van der Waals surface area contributed by atoms with Gasteiger partial charge in [0, 0.05) is 12.1 Å². The van der Waals surface area contributed by atoms with Crippen LogP contribution in [0, 0.1) is 0 Å². The minimum Gasteiger partial charge on any atom is -0.494 e. The van der Waals surface area contributed by atoms with Gasteiger partial charge in [-0.1, -0.05) is 11.3 Å². The van der Waals surface area contributed by atoms with E-state index in [1.807, 2.05) is 39.2 Å². The van der Waals surface area contributed by atoms with Gasteiger partial charge in [-0.2, -0.15) is 0 Å². The molecule has 8 nitrogen and oxygen atoms in total. The summed E-state index contributed by atoms with van der Waals surface area (Å²) in [6, 6.07) is 9.11. The Morgan fingerprint density at radius 3 is 2.27 bits per heavy atom. The summed E-state index contributed by atoms with van der Waals surface area (Å²) < 4.78 is 22.9. The van der Waals surface area contributed by atoms with E-state index < -0.39 is 0 Å². The molecule has 0 aliphatic rings. The van der Waals surface area contributed by atoms with Gasteiger partial charge in [-0.3, -0.25) is 9.69 Å². The number of benzene rings is 2. The van der Waals surface area contributed by atoms with Crippen LogP contribution in [0.3, 0.4) is 0 Å². The van der Waals surface area contributed by atoms with E-state index >= 15 is 0 Å². The lowest BCUT2D eigenvalue weighted by Crippen LogP contribution is -2.33. The van der Waals surface area contributed by atoms with Crippen molar-refractivity contribution >= 4 is 32.6 Å². The minimum absolute atomic E-state index is 0.183. The summed E-state index contributed by atoms with van der Waals surface area (Å²) in [5.74, 6) is 1.91. The van der Waals surface area contributed by atoms with E-state index in [4.69, 9.17) is 23.9 Å². The number of methoxy groups -OCH3 is 3. The molecule has 0 aliphatic heterocycles. The number of carbonyl (C=O) groups is 1. The maximum absolute atomic E-state index is 13.7. The number of rotatable bonds is 11. The van der Waals surface area contributed by atoms with Crippen LogP contribution < -0.4 is 23.8 Å². The van der Waals surface area contributed by atoms with Gasteiger partial charge in [-0.25, -0.2) is 4.98 Å². The van der Waals surface area contributed by atoms with Crippen LogP contribution in [0.5, 0.6) is 23.0 Å². The molecular weight excluding hydrogens is 442 g/mol. The Hall–Kier alpha value is -3.04. The number of hydrogen-bond donors (Lipinski definition) is 0. The molecular formula is C24H31N3O5S. The molecule has 0 atom stereocenters. The molecule has 0 N–H and O–H groups in total. The molecule has 3 aromatic rings. The van der Waals surface area contributed by atoms with Crippen molar-refractivity contribution in [2.24, 2.45) is 0 Å². The van der Waals surface area contributed by atoms with Crippen LogP contribution in [0.25, 0.3) is 10.2 Å². The Morgan fingerprint density at radius 2 is 1.70 bits per heavy atom. The summed E-state index contributed by atoms with van der Waals surface area (Å²) in [4.78, 5) is 22.3. The highest BCUT2D eigenvalue weighted by atomic mass is 32.1. The molecule has 1 heterocycles. The zero-order valence-corrected chi connectivity index (χ0v) is 20.8. The molecule has 9 heteroatoms. The third-order valence-corrected chi connectivity index (χ3v) is 6.08. The standard InChI is InChI=1S/C24H31N3O5S/c1-7-32-17-9-10-18-21(15-17)33-24(25-18)27(12-8-11-26(2)3)23(28)16-13-19(29-4)22(31-6)20(14-16)30-5/h9-10,13-15H,7-8,11-12H2,1-6H3. The monoisotopic (exact) mass is 473 g/mol. The molecule has 0 unspecified atom stereocenters. The van der Waals surface area contributed by atoms with E-state index in [9.17, 15) is 4.79 Å². The lowest BCUT2D eigenvalue weighted by atomic mass is 10.1. The predicted octanol–water partition coefficient (Wildman–Crippen LogP) is 4.32. The van der Waals surface area contributed by atoms with Crippen LogP contribution in [0.15, 0.2) is 30.3 Å². The normalized spacial score (nSPS) is 11.0. The Labute approximate surface area is 198 Å². The number of anilines is 1. The highest BCUT2D eigenvalue weighted by molar-refractivity contribution is 7.22. The van der Waals surface area contributed by atoms with Crippen molar-refractivity contribution in [3.8, 4) is 23.0 Å². The van der Waals surface area contributed by atoms with Gasteiger partial charge in [-0.15, -0.1) is 0 Å². The summed E-state index contributed by atoms with van der Waals surface area (Å²) in [5.41, 5.74) is 1.26. The fourth-order valence-corrected chi connectivity index (χ4v) is 4.47. The Kier molecular flexibility index (Phi) is 8.35. The summed E-state index contributed by atoms with van der Waals surface area (Å²) in [5, 5.41) is 0.635. The first-order chi connectivity index (χ1) is 15.9. The zero-order chi connectivity index (χ0) is 24.0. The van der Waals surface area contributed by atoms with Crippen molar-refractivity contribution in [2.75, 3.05) is 60.0 Å². The third kappa shape index (κ3) is 5.66. The lowest BCUT2D eigenvalue weighted by molar-refractivity contribution is 0.0985. The highest BCUT2D eigenvalue weighted by Gasteiger charge is 2.24. The molecule has 178 valence electrons. The van der Waals surface area contributed by atoms with Gasteiger partial charge in [-0.05, 0) is 64.3 Å². The van der Waals surface area contributed by atoms with Crippen LogP contribution in [0.1, 0.15) is 23.7 Å². The quantitative estimate of drug-likeness (QED) is 0.411. The van der Waals surface area contributed by atoms with Crippen molar-refractivity contribution in [1.82, 2.24) is 9.88 Å². The van der Waals surface area contributed by atoms with Gasteiger partial charge in [0.1, 0.15) is 5.75 Å². The SMILES string of the molecule is CCOc1ccc2nc(N(CCCN(C)C)C(=O)c3cc(OC)c(OC)c(OC)c3)sc2c1. The fourth-order valence-electron chi connectivity index (χ4n) is 3.45. The van der Waals surface area contributed by atoms with Crippen LogP contribution in [0.2, 0.25) is 0 Å². The predicted molar refractivity (Wildman–Crippen MR) is 132 cm³/mol. The number of aromatic nitrogens is 1. The molecule has 0 bridgehead atoms. The van der Waals surface area contributed by atoms with Crippen LogP contribution in [-0.2, 0) is 0 Å². The molecule has 3 rings (SSSR count). The minimum atomic E-state index is -0.183. The number of ether oxygens (including phenoxy) is 4. The maximum atomic E-state index is 13.7. The number of nitrogens with zero attached hydrogens (tertiary/aromatic N) is 3. The van der Waals surface area contributed by atoms with Crippen LogP contribution in [-0.4, -0.2) is 70.9 Å². The Balaban J connectivity index is 2.02. The molecule has 1 aromatic heterocycles. The second-order valence-electron chi connectivity index (χ2n) is 7.59. The average Bonchev–Trinajstić information content (AvgIpc) is 3.23. The number of thiazole rings is 1. The first kappa shape index (κ1) is 24.6. The van der Waals surface area contributed by atoms with Crippen molar-refractivity contribution in [1.29, 1.82) is 0 Å². The molecule has 0 spiro atoms. The van der Waals surface area contributed by atoms with Gasteiger partial charge in [0.05, 0.1) is 38.2 Å². The smallest absolute Gasteiger partial charge is 0.260 e. The summed E-state index contributed by atoms with van der Waals surface area (Å²) in [6.07, 6.45) is 0.795. The second-order valence-corrected chi connectivity index (χ2v) is 8.60. The first-order valence-corrected chi connectivity index (χ1v) is 11.5. The highest BCUT2D eigenvalue weighted by Crippen LogP contribution is 2.39. The first-order valence-electron chi connectivity index (χ1n) is 10.7. The average molecular weight is 474 g/mol. The van der Waals surface area contributed by atoms with Gasteiger partial charge < -0.3 is 23.8 Å². The van der Waals surface area contributed by atoms with Gasteiger partial charge in [0.25, 0.3) is 5.91 Å². The topological polar surface area (TPSA) is 73.4 Å². The van der Waals surface area contributed by atoms with E-state index in [0.717, 1.165) is 28.9 Å². The molecule has 0 fully saturated rings. The number of hydrogen-bond acceptors (Lipinski definition) is 8. The number of carbonyl (C=O) groups excluding carboxylic acids is 1. The zero-order valence-electron chi connectivity index (χ0n) is 20.0. The van der Waals surface area contributed by atoms with Crippen molar-refractivity contribution in [3.63, 3.8) is 0 Å². The van der Waals surface area contributed by atoms with E-state index in [-0.39, 0.29) is 5.91 Å². The largest absolute Gasteiger partial charge is 0.494 e. The molecule has 0 saturated heterocycles. The molecule has 0 radical (unpaired) electrons. The van der Waals surface area contributed by atoms with E-state index in [0.29, 0.717) is 41.1 Å². The van der Waals surface area contributed by atoms with E-state index in [2.05, 4.69) is 4.90 Å². The maximum Gasteiger partial charge on any atom is 0.260 e. The van der Waals surface area contributed by atoms with Gasteiger partial charge in [0.15, 0.2) is 16.6 Å². The van der Waals surface area contributed by atoms with Gasteiger partial charge in [0.2, 0.25) is 5.75 Å². The number of fused-ring (bicyclic) bond motifs is 1. The Morgan fingerprint density at radius 1 is 1.00 bits per heavy atom. The second kappa shape index (κ2) is 11.2. The summed E-state index contributed by atoms with van der Waals surface area (Å²) in [6.45, 7) is 3.91. The van der Waals surface area contributed by atoms with Crippen molar-refractivity contribution in [2.45, 2.75) is 13.3 Å². The third-order valence-electron chi connectivity index (χ3n) is 5.03. The van der Waals surface area contributed by atoms with Crippen LogP contribution >= 0.6 is 11.3 Å². The molecule has 33 heavy (non-hydrogen) atoms. The molecule has 0 saturated carbocycles. The number of amides is 1. The molecule has 1 amide bonds. The molecule has 0 aliphatic carbocycles. The summed E-state index contributed by atoms with van der Waals surface area (Å²) >= 11 is 1.47. The molecule has 2 aromatic carbocycles. The lowest BCUT2D eigenvalue weighted by Gasteiger charge is -2.22. The van der Waals surface area contributed by atoms with Crippen molar-refractivity contribution < 1.29 is 23.7 Å². The van der Waals surface area contributed by atoms with E-state index in [1.165, 1.54) is 32.7 Å². The van der Waals surface area contributed by atoms with Crippen molar-refractivity contribution in [3.05, 3.63) is 35.9 Å². The van der Waals surface area contributed by atoms with Crippen LogP contribution in [0.4, 0.5) is 5.13 Å². The summed E-state index contributed by atoms with van der Waals surface area (Å²) in [7, 11) is 8.62. The van der Waals surface area contributed by atoms with Gasteiger partial charge >= 0.3 is 0 Å². The van der Waals surface area contributed by atoms with E-state index in [1.54, 1.807) is 17.0 Å². The Bertz CT molecular complexity index is 1070.